The van der Waals surface area contributed by atoms with Gasteiger partial charge in [0.05, 0.1) is 22.5 Å². The van der Waals surface area contributed by atoms with Crippen LogP contribution in [0.2, 0.25) is 0 Å². The first-order valence-electron chi connectivity index (χ1n) is 24.9. The molecule has 0 unspecified atom stereocenters. The minimum Gasteiger partial charge on any atom is -0.309 e. The molecule has 71 heavy (non-hydrogen) atoms. The molecule has 0 N–H and O–H groups in total. The highest BCUT2D eigenvalue weighted by Gasteiger charge is 2.52. The Bertz CT molecular complexity index is 3870. The van der Waals surface area contributed by atoms with Gasteiger partial charge in [0.2, 0.25) is 0 Å². The van der Waals surface area contributed by atoms with E-state index in [0.717, 1.165) is 17.1 Å². The van der Waals surface area contributed by atoms with Crippen LogP contribution in [0.1, 0.15) is 47.2 Å². The number of nitrogens with zero attached hydrogens (tertiary/aromatic N) is 1. The summed E-state index contributed by atoms with van der Waals surface area (Å²) >= 11 is 0. The summed E-state index contributed by atoms with van der Waals surface area (Å²) in [5.74, 6) is 0. The Kier molecular flexibility index (Phi) is 9.22. The third-order valence-corrected chi connectivity index (χ3v) is 15.9. The number of hydrogen-bond donors (Lipinski definition) is 0. The summed E-state index contributed by atoms with van der Waals surface area (Å²) < 4.78 is 0. The number of anilines is 3. The number of benzene rings is 11. The number of fused-ring (bicyclic) bond motifs is 13. The van der Waals surface area contributed by atoms with E-state index < -0.39 is 5.41 Å². The van der Waals surface area contributed by atoms with Crippen molar-refractivity contribution in [1.29, 1.82) is 0 Å². The van der Waals surface area contributed by atoms with E-state index in [1.54, 1.807) is 0 Å². The minimum absolute atomic E-state index is 0.226. The number of para-hydroxylation sites is 1. The van der Waals surface area contributed by atoms with Crippen LogP contribution < -0.4 is 4.90 Å². The molecule has 1 nitrogen and oxygen atoms in total. The Balaban J connectivity index is 1.13. The molecule has 0 atom stereocenters. The zero-order valence-corrected chi connectivity index (χ0v) is 39.8. The van der Waals surface area contributed by atoms with Gasteiger partial charge in [-0.3, -0.25) is 0 Å². The van der Waals surface area contributed by atoms with Gasteiger partial charge in [0.15, 0.2) is 0 Å². The molecule has 0 radical (unpaired) electrons. The van der Waals surface area contributed by atoms with Gasteiger partial charge in [-0.05, 0) is 113 Å². The maximum atomic E-state index is 2.63. The second-order valence-corrected chi connectivity index (χ2v) is 19.8. The summed E-state index contributed by atoms with van der Waals surface area (Å²) in [5, 5.41) is 0. The Labute approximate surface area is 416 Å². The smallest absolute Gasteiger partial charge is 0.0726 e. The van der Waals surface area contributed by atoms with E-state index >= 15 is 0 Å². The van der Waals surface area contributed by atoms with Crippen LogP contribution in [0.3, 0.4) is 0 Å². The van der Waals surface area contributed by atoms with E-state index in [1.165, 1.54) is 111 Å². The molecule has 11 aromatic carbocycles. The van der Waals surface area contributed by atoms with Crippen LogP contribution in [-0.4, -0.2) is 0 Å². The minimum atomic E-state index is -0.509. The maximum Gasteiger partial charge on any atom is 0.0726 e. The summed E-state index contributed by atoms with van der Waals surface area (Å²) in [6.45, 7) is 4.81. The maximum absolute atomic E-state index is 2.63. The van der Waals surface area contributed by atoms with E-state index in [2.05, 4.69) is 280 Å². The van der Waals surface area contributed by atoms with Gasteiger partial charge in [0.1, 0.15) is 0 Å². The number of hydrogen-bond acceptors (Lipinski definition) is 1. The van der Waals surface area contributed by atoms with Crippen molar-refractivity contribution in [2.24, 2.45) is 0 Å². The normalized spacial score (nSPS) is 13.7. The van der Waals surface area contributed by atoms with Crippen molar-refractivity contribution < 1.29 is 0 Å². The molecule has 0 saturated heterocycles. The molecule has 0 bridgehead atoms. The van der Waals surface area contributed by atoms with Gasteiger partial charge < -0.3 is 4.90 Å². The van der Waals surface area contributed by atoms with Crippen molar-refractivity contribution in [2.45, 2.75) is 24.7 Å². The Morgan fingerprint density at radius 1 is 0.239 bits per heavy atom. The van der Waals surface area contributed by atoms with Gasteiger partial charge in [-0.15, -0.1) is 0 Å². The lowest BCUT2D eigenvalue weighted by Crippen LogP contribution is -2.26. The SMILES string of the molecule is CC1(C)c2ccccc2-c2cccc(-c3ccccc3N(c3cccc(-c4ccccc4)c3-c3ccccc3-c3ccccc3)c3cccc4c3-c3ccccc3C43c4ccccc4-c4ccccc43)c21. The third kappa shape index (κ3) is 5.87. The van der Waals surface area contributed by atoms with Gasteiger partial charge in [-0.2, -0.15) is 0 Å². The van der Waals surface area contributed by atoms with Gasteiger partial charge >= 0.3 is 0 Å². The highest BCUT2D eigenvalue weighted by Crippen LogP contribution is 2.65. The average Bonchev–Trinajstić information content (AvgIpc) is 4.01. The zero-order chi connectivity index (χ0) is 47.3. The second-order valence-electron chi connectivity index (χ2n) is 19.8. The third-order valence-electron chi connectivity index (χ3n) is 15.9. The lowest BCUT2D eigenvalue weighted by Gasteiger charge is -2.34. The van der Waals surface area contributed by atoms with Crippen molar-refractivity contribution >= 4 is 17.1 Å². The molecule has 1 heteroatoms. The van der Waals surface area contributed by atoms with Gasteiger partial charge in [0, 0.05) is 22.1 Å². The van der Waals surface area contributed by atoms with Gasteiger partial charge in [-0.1, -0.05) is 257 Å². The van der Waals surface area contributed by atoms with Gasteiger partial charge in [0.25, 0.3) is 0 Å². The lowest BCUT2D eigenvalue weighted by molar-refractivity contribution is 0.662. The van der Waals surface area contributed by atoms with Crippen molar-refractivity contribution in [1.82, 2.24) is 0 Å². The molecule has 0 heterocycles. The molecule has 0 saturated carbocycles. The summed E-state index contributed by atoms with van der Waals surface area (Å²) in [7, 11) is 0. The highest BCUT2D eigenvalue weighted by molar-refractivity contribution is 6.07. The van der Waals surface area contributed by atoms with Crippen molar-refractivity contribution in [3.8, 4) is 77.9 Å². The van der Waals surface area contributed by atoms with E-state index in [1.807, 2.05) is 0 Å². The Hall–Kier alpha value is -8.78. The summed E-state index contributed by atoms with van der Waals surface area (Å²) in [5.41, 5.74) is 27.9. The predicted molar refractivity (Wildman–Crippen MR) is 297 cm³/mol. The van der Waals surface area contributed by atoms with Crippen LogP contribution in [-0.2, 0) is 10.8 Å². The fourth-order valence-electron chi connectivity index (χ4n) is 13.1. The molecule has 0 fully saturated rings. The van der Waals surface area contributed by atoms with E-state index in [0.29, 0.717) is 0 Å². The van der Waals surface area contributed by atoms with Crippen LogP contribution in [0.15, 0.2) is 261 Å². The van der Waals surface area contributed by atoms with Crippen LogP contribution in [0.4, 0.5) is 17.1 Å². The molecule has 1 spiro atoms. The second kappa shape index (κ2) is 15.9. The van der Waals surface area contributed by atoms with Crippen LogP contribution in [0.25, 0.3) is 77.9 Å². The van der Waals surface area contributed by atoms with E-state index in [9.17, 15) is 0 Å². The standard InChI is InChI=1S/C70H49N/c1-69(2)58-38-16-11-31-52(58)55-36-21-37-56(68(55)69)53-32-15-20-43-63(53)71(64-44-22-35-49(47-26-7-4-8-27-47)66(64)54-33-10-9-28-48(54)46-24-5-3-6-25-46)65-45-23-42-62-67(65)57-34-14-19-41-61(57)70(62)59-39-17-12-29-50(59)51-30-13-18-40-60(51)70/h3-45H,1-2H3. The monoisotopic (exact) mass is 903 g/mol. The Morgan fingerprint density at radius 3 is 1.24 bits per heavy atom. The first-order chi connectivity index (χ1) is 35.0. The van der Waals surface area contributed by atoms with E-state index in [-0.39, 0.29) is 5.41 Å². The first kappa shape index (κ1) is 41.2. The van der Waals surface area contributed by atoms with Crippen LogP contribution >= 0.6 is 0 Å². The topological polar surface area (TPSA) is 3.24 Å². The molecule has 14 rings (SSSR count). The first-order valence-corrected chi connectivity index (χ1v) is 24.9. The van der Waals surface area contributed by atoms with Crippen molar-refractivity contribution in [3.63, 3.8) is 0 Å². The van der Waals surface area contributed by atoms with Crippen molar-refractivity contribution in [3.05, 3.63) is 294 Å². The average molecular weight is 904 g/mol. The largest absolute Gasteiger partial charge is 0.309 e. The summed E-state index contributed by atoms with van der Waals surface area (Å²) in [6.07, 6.45) is 0. The molecular formula is C70H49N. The molecule has 3 aliphatic rings. The fourth-order valence-corrected chi connectivity index (χ4v) is 13.1. The predicted octanol–water partition coefficient (Wildman–Crippen LogP) is 18.5. The summed E-state index contributed by atoms with van der Waals surface area (Å²) in [6, 6.07) is 97.5. The molecule has 11 aromatic rings. The van der Waals surface area contributed by atoms with Crippen molar-refractivity contribution in [2.75, 3.05) is 4.90 Å². The summed E-state index contributed by atoms with van der Waals surface area (Å²) in [4.78, 5) is 2.63. The van der Waals surface area contributed by atoms with E-state index in [4.69, 9.17) is 0 Å². The molecule has 334 valence electrons. The zero-order valence-electron chi connectivity index (χ0n) is 39.8. The quantitative estimate of drug-likeness (QED) is 0.154. The van der Waals surface area contributed by atoms with Crippen LogP contribution in [0, 0.1) is 0 Å². The highest BCUT2D eigenvalue weighted by atomic mass is 15.2. The fraction of sp³-hybridized carbons (Fsp3) is 0.0571. The van der Waals surface area contributed by atoms with Gasteiger partial charge in [-0.25, -0.2) is 0 Å². The molecule has 0 aromatic heterocycles. The number of rotatable bonds is 7. The molecule has 0 aliphatic heterocycles. The lowest BCUT2D eigenvalue weighted by atomic mass is 9.70. The Morgan fingerprint density at radius 2 is 0.606 bits per heavy atom. The molecule has 3 aliphatic carbocycles. The molecular weight excluding hydrogens is 855 g/mol. The van der Waals surface area contributed by atoms with Crippen LogP contribution in [0.5, 0.6) is 0 Å². The molecule has 0 amide bonds.